The van der Waals surface area contributed by atoms with Crippen LogP contribution in [-0.4, -0.2) is 22.5 Å². The van der Waals surface area contributed by atoms with Crippen molar-refractivity contribution >= 4 is 11.8 Å². The molecule has 2 aromatic rings. The molecule has 24 heavy (non-hydrogen) atoms. The molecule has 124 valence electrons. The van der Waals surface area contributed by atoms with Crippen LogP contribution in [0.5, 0.6) is 5.75 Å². The number of benzene rings is 2. The fourth-order valence-electron chi connectivity index (χ4n) is 2.43. The van der Waals surface area contributed by atoms with E-state index in [2.05, 4.69) is 0 Å². The molecule has 0 aliphatic carbocycles. The molecule has 2 amide bonds. The van der Waals surface area contributed by atoms with Crippen molar-refractivity contribution in [1.82, 2.24) is 5.06 Å². The highest BCUT2D eigenvalue weighted by atomic mass is 16.7. The minimum Gasteiger partial charge on any atom is -0.488 e. The van der Waals surface area contributed by atoms with Crippen molar-refractivity contribution in [3.8, 4) is 5.75 Å². The Morgan fingerprint density at radius 1 is 0.875 bits per heavy atom. The molecule has 1 aliphatic heterocycles. The van der Waals surface area contributed by atoms with Gasteiger partial charge in [-0.2, -0.15) is 0 Å². The van der Waals surface area contributed by atoms with Gasteiger partial charge in [0.05, 0.1) is 11.1 Å². The van der Waals surface area contributed by atoms with Gasteiger partial charge in [-0.15, -0.1) is 5.06 Å². The highest BCUT2D eigenvalue weighted by Gasteiger charge is 2.36. The van der Waals surface area contributed by atoms with Gasteiger partial charge in [-0.25, -0.2) is 0 Å². The van der Waals surface area contributed by atoms with Crippen LogP contribution in [0.1, 0.15) is 47.1 Å². The first-order valence-corrected chi connectivity index (χ1v) is 7.74. The maximum atomic E-state index is 12.2. The highest BCUT2D eigenvalue weighted by Crippen LogP contribution is 2.24. The van der Waals surface area contributed by atoms with Gasteiger partial charge >= 0.3 is 0 Å². The Morgan fingerprint density at radius 2 is 1.42 bits per heavy atom. The third kappa shape index (κ3) is 3.31. The molecule has 0 atom stereocenters. The first-order chi connectivity index (χ1) is 11.3. The fraction of sp³-hybridized carbons (Fsp3) is 0.263. The molecular formula is C19H19NO4. The summed E-state index contributed by atoms with van der Waals surface area (Å²) in [6, 6.07) is 14.1. The van der Waals surface area contributed by atoms with Gasteiger partial charge in [0.1, 0.15) is 18.0 Å². The maximum Gasteiger partial charge on any atom is 0.285 e. The summed E-state index contributed by atoms with van der Waals surface area (Å²) in [6.45, 7) is 6.06. The van der Waals surface area contributed by atoms with Gasteiger partial charge in [0.15, 0.2) is 0 Å². The van der Waals surface area contributed by atoms with E-state index in [9.17, 15) is 9.59 Å². The number of rotatable bonds is 4. The van der Waals surface area contributed by atoms with E-state index in [0.29, 0.717) is 11.1 Å². The van der Waals surface area contributed by atoms with Crippen molar-refractivity contribution in [2.45, 2.75) is 33.0 Å². The van der Waals surface area contributed by atoms with E-state index < -0.39 is 11.8 Å². The molecule has 0 spiro atoms. The van der Waals surface area contributed by atoms with Crippen LogP contribution in [0.2, 0.25) is 0 Å². The van der Waals surface area contributed by atoms with Crippen LogP contribution in [0.25, 0.3) is 0 Å². The zero-order chi connectivity index (χ0) is 17.3. The quantitative estimate of drug-likeness (QED) is 0.806. The molecule has 0 saturated carbocycles. The second-order valence-corrected chi connectivity index (χ2v) is 6.58. The lowest BCUT2D eigenvalue weighted by Crippen LogP contribution is -2.29. The average molecular weight is 325 g/mol. The summed E-state index contributed by atoms with van der Waals surface area (Å²) in [7, 11) is 0. The van der Waals surface area contributed by atoms with Gasteiger partial charge in [-0.3, -0.25) is 14.4 Å². The zero-order valence-corrected chi connectivity index (χ0v) is 13.9. The number of amides is 2. The van der Waals surface area contributed by atoms with Gasteiger partial charge in [-0.05, 0) is 50.6 Å². The van der Waals surface area contributed by atoms with E-state index in [-0.39, 0.29) is 12.2 Å². The molecule has 0 saturated heterocycles. The Bertz CT molecular complexity index is 740. The van der Waals surface area contributed by atoms with Crippen LogP contribution in [0.4, 0.5) is 0 Å². The molecule has 5 nitrogen and oxygen atoms in total. The monoisotopic (exact) mass is 325 g/mol. The summed E-state index contributed by atoms with van der Waals surface area (Å²) >= 11 is 0. The lowest BCUT2D eigenvalue weighted by atomic mass is 10.1. The zero-order valence-electron chi connectivity index (χ0n) is 13.9. The van der Waals surface area contributed by atoms with E-state index >= 15 is 0 Å². The lowest BCUT2D eigenvalue weighted by Gasteiger charge is -2.21. The Labute approximate surface area is 140 Å². The molecule has 0 unspecified atom stereocenters. The van der Waals surface area contributed by atoms with Crippen molar-refractivity contribution in [3.63, 3.8) is 0 Å². The fourth-order valence-corrected chi connectivity index (χ4v) is 2.43. The third-order valence-electron chi connectivity index (χ3n) is 3.46. The summed E-state index contributed by atoms with van der Waals surface area (Å²) in [6.07, 6.45) is 0. The Morgan fingerprint density at radius 3 is 1.92 bits per heavy atom. The molecule has 0 aromatic heterocycles. The van der Waals surface area contributed by atoms with Gasteiger partial charge in [0, 0.05) is 0 Å². The molecule has 1 heterocycles. The third-order valence-corrected chi connectivity index (χ3v) is 3.46. The van der Waals surface area contributed by atoms with Crippen molar-refractivity contribution in [2.75, 3.05) is 0 Å². The maximum absolute atomic E-state index is 12.2. The minimum absolute atomic E-state index is 0.126. The van der Waals surface area contributed by atoms with Gasteiger partial charge in [0.2, 0.25) is 0 Å². The number of carbonyl (C=O) groups excluding carboxylic acids is 2. The Hall–Kier alpha value is -2.66. The van der Waals surface area contributed by atoms with E-state index in [4.69, 9.17) is 9.57 Å². The lowest BCUT2D eigenvalue weighted by molar-refractivity contribution is -0.101. The van der Waals surface area contributed by atoms with Crippen molar-refractivity contribution < 1.29 is 19.2 Å². The summed E-state index contributed by atoms with van der Waals surface area (Å²) in [5.41, 5.74) is 1.32. The molecule has 0 fully saturated rings. The topological polar surface area (TPSA) is 55.8 Å². The molecular weight excluding hydrogens is 306 g/mol. The number of fused-ring (bicyclic) bond motifs is 1. The van der Waals surface area contributed by atoms with Crippen LogP contribution in [0.3, 0.4) is 0 Å². The number of carbonyl (C=O) groups is 2. The van der Waals surface area contributed by atoms with Crippen molar-refractivity contribution in [3.05, 3.63) is 65.2 Å². The van der Waals surface area contributed by atoms with Crippen LogP contribution in [0, 0.1) is 0 Å². The predicted octanol–water partition coefficient (Wildman–Crippen LogP) is 3.59. The van der Waals surface area contributed by atoms with Crippen LogP contribution >= 0.6 is 0 Å². The standard InChI is InChI=1S/C19H19NO4/c1-19(2,3)24-14-10-8-13(9-11-14)12-23-20-17(21)15-6-4-5-7-16(15)18(20)22/h4-11H,12H2,1-3H3. The highest BCUT2D eigenvalue weighted by molar-refractivity contribution is 6.20. The Kier molecular flexibility index (Phi) is 4.11. The molecule has 3 rings (SSSR count). The molecule has 5 heteroatoms. The van der Waals surface area contributed by atoms with E-state index in [1.165, 1.54) is 0 Å². The largest absolute Gasteiger partial charge is 0.488 e. The van der Waals surface area contributed by atoms with Gasteiger partial charge in [0.25, 0.3) is 11.8 Å². The molecule has 0 radical (unpaired) electrons. The first-order valence-electron chi connectivity index (χ1n) is 7.74. The molecule has 1 aliphatic rings. The number of imide groups is 1. The molecule has 0 bridgehead atoms. The first kappa shape index (κ1) is 16.2. The van der Waals surface area contributed by atoms with E-state index in [0.717, 1.165) is 16.4 Å². The van der Waals surface area contributed by atoms with Crippen LogP contribution < -0.4 is 4.74 Å². The smallest absolute Gasteiger partial charge is 0.285 e. The summed E-state index contributed by atoms with van der Waals surface area (Å²) in [5, 5.41) is 0.824. The van der Waals surface area contributed by atoms with Crippen LogP contribution in [0.15, 0.2) is 48.5 Å². The van der Waals surface area contributed by atoms with Crippen LogP contribution in [-0.2, 0) is 11.4 Å². The number of hydrogen-bond donors (Lipinski definition) is 0. The summed E-state index contributed by atoms with van der Waals surface area (Å²) in [4.78, 5) is 29.8. The second kappa shape index (κ2) is 6.09. The van der Waals surface area contributed by atoms with Gasteiger partial charge in [-0.1, -0.05) is 24.3 Å². The van der Waals surface area contributed by atoms with Crippen molar-refractivity contribution in [2.24, 2.45) is 0 Å². The number of ether oxygens (including phenoxy) is 1. The van der Waals surface area contributed by atoms with Gasteiger partial charge < -0.3 is 4.74 Å². The Balaban J connectivity index is 1.65. The average Bonchev–Trinajstić information content (AvgIpc) is 2.77. The number of nitrogens with zero attached hydrogens (tertiary/aromatic N) is 1. The SMILES string of the molecule is CC(C)(C)Oc1ccc(CON2C(=O)c3ccccc3C2=O)cc1. The number of hydroxylamine groups is 2. The van der Waals surface area contributed by atoms with E-state index in [1.54, 1.807) is 24.3 Å². The normalized spacial score (nSPS) is 14.0. The molecule has 0 N–H and O–H groups in total. The van der Waals surface area contributed by atoms with E-state index in [1.807, 2.05) is 45.0 Å². The summed E-state index contributed by atoms with van der Waals surface area (Å²) < 4.78 is 5.75. The minimum atomic E-state index is -0.428. The van der Waals surface area contributed by atoms with Crippen molar-refractivity contribution in [1.29, 1.82) is 0 Å². The second-order valence-electron chi connectivity index (χ2n) is 6.58. The molecule has 2 aromatic carbocycles. The predicted molar refractivity (Wildman–Crippen MR) is 88.6 cm³/mol. The number of hydrogen-bond acceptors (Lipinski definition) is 4. The summed E-state index contributed by atoms with van der Waals surface area (Å²) in [5.74, 6) is -0.0986.